The molecule has 0 aliphatic rings. The molecule has 0 atom stereocenters. The Labute approximate surface area is 111 Å². The maximum absolute atomic E-state index is 11.5. The van der Waals surface area contributed by atoms with Crippen LogP contribution >= 0.6 is 11.6 Å². The van der Waals surface area contributed by atoms with Gasteiger partial charge in [0, 0.05) is 6.42 Å². The summed E-state index contributed by atoms with van der Waals surface area (Å²) in [6.45, 7) is 2.04. The first-order chi connectivity index (χ1) is 8.58. The summed E-state index contributed by atoms with van der Waals surface area (Å²) in [4.78, 5) is 22.5. The Hall–Kier alpha value is -1.55. The minimum absolute atomic E-state index is 0.277. The van der Waals surface area contributed by atoms with Crippen molar-refractivity contribution in [2.75, 3.05) is 13.7 Å². The number of rotatable bonds is 5. The molecule has 0 aliphatic carbocycles. The summed E-state index contributed by atoms with van der Waals surface area (Å²) in [5, 5.41) is 0.329. The Morgan fingerprint density at radius 1 is 1.33 bits per heavy atom. The molecule has 0 amide bonds. The molecule has 0 spiro atoms. The topological polar surface area (TPSA) is 52.6 Å². The molecule has 98 valence electrons. The lowest BCUT2D eigenvalue weighted by Crippen LogP contribution is -2.06. The van der Waals surface area contributed by atoms with Crippen LogP contribution in [0.25, 0.3) is 0 Å². The maximum Gasteiger partial charge on any atom is 0.339 e. The molecular weight excluding hydrogens is 256 g/mol. The molecule has 0 fully saturated rings. The number of benzene rings is 1. The Bertz CT molecular complexity index is 443. The molecule has 1 rings (SSSR count). The van der Waals surface area contributed by atoms with Crippen molar-refractivity contribution in [2.45, 2.75) is 19.8 Å². The summed E-state index contributed by atoms with van der Waals surface area (Å²) in [6, 6.07) is 5.02. The van der Waals surface area contributed by atoms with E-state index in [2.05, 4.69) is 4.74 Å². The van der Waals surface area contributed by atoms with Gasteiger partial charge in [-0.25, -0.2) is 4.79 Å². The fourth-order valence-electron chi connectivity index (χ4n) is 1.44. The van der Waals surface area contributed by atoms with Crippen LogP contribution < -0.4 is 0 Å². The van der Waals surface area contributed by atoms with Crippen LogP contribution in [-0.4, -0.2) is 25.7 Å². The van der Waals surface area contributed by atoms with Gasteiger partial charge in [0.05, 0.1) is 24.3 Å². The van der Waals surface area contributed by atoms with Gasteiger partial charge in [-0.05, 0) is 31.0 Å². The fourth-order valence-corrected chi connectivity index (χ4v) is 1.72. The van der Waals surface area contributed by atoms with Crippen molar-refractivity contribution in [3.63, 3.8) is 0 Å². The van der Waals surface area contributed by atoms with E-state index in [0.29, 0.717) is 23.6 Å². The van der Waals surface area contributed by atoms with Crippen LogP contribution in [0.15, 0.2) is 18.2 Å². The Balaban J connectivity index is 2.73. The number of hydrogen-bond acceptors (Lipinski definition) is 4. The van der Waals surface area contributed by atoms with Crippen molar-refractivity contribution in [1.82, 2.24) is 0 Å². The molecule has 0 bridgehead atoms. The van der Waals surface area contributed by atoms with Crippen LogP contribution in [0, 0.1) is 0 Å². The van der Waals surface area contributed by atoms with Gasteiger partial charge in [-0.2, -0.15) is 0 Å². The van der Waals surface area contributed by atoms with E-state index in [9.17, 15) is 9.59 Å². The van der Waals surface area contributed by atoms with Crippen molar-refractivity contribution in [3.8, 4) is 0 Å². The average Bonchev–Trinajstić information content (AvgIpc) is 2.36. The number of hydrogen-bond donors (Lipinski definition) is 0. The van der Waals surface area contributed by atoms with E-state index in [0.717, 1.165) is 5.56 Å². The van der Waals surface area contributed by atoms with E-state index in [1.807, 2.05) is 0 Å². The lowest BCUT2D eigenvalue weighted by molar-refractivity contribution is -0.140. The first-order valence-corrected chi connectivity index (χ1v) is 5.98. The summed E-state index contributed by atoms with van der Waals surface area (Å²) in [6.07, 6.45) is 0.807. The molecule has 4 nitrogen and oxygen atoms in total. The summed E-state index contributed by atoms with van der Waals surface area (Å²) < 4.78 is 9.42. The zero-order valence-corrected chi connectivity index (χ0v) is 11.1. The van der Waals surface area contributed by atoms with Gasteiger partial charge in [0.2, 0.25) is 0 Å². The van der Waals surface area contributed by atoms with Crippen LogP contribution in [0.4, 0.5) is 0 Å². The zero-order valence-electron chi connectivity index (χ0n) is 10.4. The van der Waals surface area contributed by atoms with Crippen molar-refractivity contribution < 1.29 is 19.1 Å². The highest BCUT2D eigenvalue weighted by Gasteiger charge is 2.12. The molecule has 1 aromatic carbocycles. The van der Waals surface area contributed by atoms with Crippen LogP contribution in [0.1, 0.15) is 29.3 Å². The summed E-state index contributed by atoms with van der Waals surface area (Å²) in [7, 11) is 1.35. The second-order valence-corrected chi connectivity index (χ2v) is 4.02. The molecular formula is C13H15ClO4. The number of ether oxygens (including phenoxy) is 2. The molecule has 0 heterocycles. The van der Waals surface area contributed by atoms with E-state index < -0.39 is 5.97 Å². The molecule has 18 heavy (non-hydrogen) atoms. The predicted octanol–water partition coefficient (Wildman–Crippen LogP) is 2.62. The number of esters is 2. The maximum atomic E-state index is 11.5. The van der Waals surface area contributed by atoms with Crippen LogP contribution in [0.2, 0.25) is 5.02 Å². The minimum Gasteiger partial charge on any atom is -0.469 e. The monoisotopic (exact) mass is 270 g/mol. The van der Waals surface area contributed by atoms with Gasteiger partial charge in [-0.1, -0.05) is 17.7 Å². The Morgan fingerprint density at radius 2 is 2.06 bits per heavy atom. The third-order valence-corrected chi connectivity index (χ3v) is 2.69. The fraction of sp³-hybridized carbons (Fsp3) is 0.385. The van der Waals surface area contributed by atoms with Gasteiger partial charge in [0.15, 0.2) is 0 Å². The van der Waals surface area contributed by atoms with Gasteiger partial charge in [0.1, 0.15) is 0 Å². The minimum atomic E-state index is -0.443. The van der Waals surface area contributed by atoms with Crippen molar-refractivity contribution in [1.29, 1.82) is 0 Å². The van der Waals surface area contributed by atoms with Crippen molar-refractivity contribution >= 4 is 23.5 Å². The summed E-state index contributed by atoms with van der Waals surface area (Å²) >= 11 is 5.99. The first kappa shape index (κ1) is 14.5. The Morgan fingerprint density at radius 3 is 2.61 bits per heavy atom. The number of halogens is 1. The van der Waals surface area contributed by atoms with Gasteiger partial charge in [-0.3, -0.25) is 4.79 Å². The van der Waals surface area contributed by atoms with E-state index >= 15 is 0 Å². The Kier molecular flexibility index (Phi) is 5.65. The third kappa shape index (κ3) is 4.04. The van der Waals surface area contributed by atoms with Crippen LogP contribution in [0.3, 0.4) is 0 Å². The van der Waals surface area contributed by atoms with Gasteiger partial charge < -0.3 is 9.47 Å². The standard InChI is InChI=1S/C13H15ClO4/c1-3-18-13(16)10-6-4-9(8-11(10)14)5-7-12(15)17-2/h4,6,8H,3,5,7H2,1-2H3. The lowest BCUT2D eigenvalue weighted by atomic mass is 10.1. The average molecular weight is 271 g/mol. The quantitative estimate of drug-likeness (QED) is 0.772. The van der Waals surface area contributed by atoms with Gasteiger partial charge >= 0.3 is 11.9 Å². The molecule has 0 unspecified atom stereocenters. The smallest absolute Gasteiger partial charge is 0.339 e. The highest BCUT2D eigenvalue weighted by Crippen LogP contribution is 2.19. The van der Waals surface area contributed by atoms with Gasteiger partial charge in [0.25, 0.3) is 0 Å². The van der Waals surface area contributed by atoms with Crippen molar-refractivity contribution in [2.24, 2.45) is 0 Å². The van der Waals surface area contributed by atoms with Crippen LogP contribution in [-0.2, 0) is 20.7 Å². The summed E-state index contributed by atoms with van der Waals surface area (Å²) in [5.41, 5.74) is 1.21. The number of carbonyl (C=O) groups excluding carboxylic acids is 2. The molecule has 0 radical (unpaired) electrons. The molecule has 0 saturated carbocycles. The molecule has 0 N–H and O–H groups in total. The van der Waals surface area contributed by atoms with Crippen LogP contribution in [0.5, 0.6) is 0 Å². The largest absolute Gasteiger partial charge is 0.469 e. The number of carbonyl (C=O) groups is 2. The SMILES string of the molecule is CCOC(=O)c1ccc(CCC(=O)OC)cc1Cl. The van der Waals surface area contributed by atoms with Gasteiger partial charge in [-0.15, -0.1) is 0 Å². The second-order valence-electron chi connectivity index (χ2n) is 3.61. The van der Waals surface area contributed by atoms with E-state index in [-0.39, 0.29) is 12.4 Å². The first-order valence-electron chi connectivity index (χ1n) is 5.60. The molecule has 1 aromatic rings. The molecule has 0 saturated heterocycles. The highest BCUT2D eigenvalue weighted by atomic mass is 35.5. The number of aryl methyl sites for hydroxylation is 1. The summed E-state index contributed by atoms with van der Waals surface area (Å²) in [5.74, 6) is -0.720. The highest BCUT2D eigenvalue weighted by molar-refractivity contribution is 6.33. The predicted molar refractivity (Wildman–Crippen MR) is 67.7 cm³/mol. The lowest BCUT2D eigenvalue weighted by Gasteiger charge is -2.06. The second kappa shape index (κ2) is 7.01. The molecule has 0 aromatic heterocycles. The number of methoxy groups -OCH3 is 1. The van der Waals surface area contributed by atoms with E-state index in [1.54, 1.807) is 25.1 Å². The normalized spacial score (nSPS) is 9.94. The van der Waals surface area contributed by atoms with E-state index in [1.165, 1.54) is 7.11 Å². The van der Waals surface area contributed by atoms with Crippen molar-refractivity contribution in [3.05, 3.63) is 34.3 Å². The molecule has 5 heteroatoms. The third-order valence-electron chi connectivity index (χ3n) is 2.37. The zero-order chi connectivity index (χ0) is 13.5. The molecule has 0 aliphatic heterocycles. The van der Waals surface area contributed by atoms with E-state index in [4.69, 9.17) is 16.3 Å².